The average molecular weight is 704 g/mol. The second-order valence-corrected chi connectivity index (χ2v) is 15.4. The fourth-order valence-electron chi connectivity index (χ4n) is 6.13. The molecule has 5 N–H and O–H groups in total. The molecule has 0 atom stereocenters. The average Bonchev–Trinajstić information content (AvgIpc) is 3.88. The smallest absolute Gasteiger partial charge is 0.339 e. The summed E-state index contributed by atoms with van der Waals surface area (Å²) in [7, 11) is -8.02. The van der Waals surface area contributed by atoms with E-state index in [9.17, 15) is 16.8 Å². The van der Waals surface area contributed by atoms with Gasteiger partial charge in [0.15, 0.2) is 0 Å². The third kappa shape index (κ3) is 9.52. The maximum absolute atomic E-state index is 12.8. The minimum atomic E-state index is -4.07. The Morgan fingerprint density at radius 1 is 0.714 bits per heavy atom. The van der Waals surface area contributed by atoms with Crippen LogP contribution in [0.5, 0.6) is 5.75 Å². The van der Waals surface area contributed by atoms with Crippen molar-refractivity contribution in [3.05, 3.63) is 103 Å². The van der Waals surface area contributed by atoms with Gasteiger partial charge in [-0.25, -0.2) is 4.98 Å². The van der Waals surface area contributed by atoms with Crippen molar-refractivity contribution < 1.29 is 25.6 Å². The number of nitrogens with one attached hydrogen (secondary N) is 4. The first-order valence-electron chi connectivity index (χ1n) is 16.5. The van der Waals surface area contributed by atoms with E-state index >= 15 is 0 Å². The molecule has 2 aliphatic rings. The zero-order valence-electron chi connectivity index (χ0n) is 27.0. The summed E-state index contributed by atoms with van der Waals surface area (Å²) in [6.45, 7) is 0.629. The van der Waals surface area contributed by atoms with Crippen LogP contribution in [-0.2, 0) is 26.8 Å². The first kappa shape index (κ1) is 34.3. The molecule has 1 aromatic heterocycles. The fraction of sp³-hybridized carbons (Fsp3) is 0.306. The van der Waals surface area contributed by atoms with Crippen LogP contribution in [0.25, 0.3) is 11.0 Å². The predicted octanol–water partition coefficient (Wildman–Crippen LogP) is 7.59. The minimum Gasteiger partial charge on any atom is -0.382 e. The third-order valence-corrected chi connectivity index (χ3v) is 10.8. The zero-order valence-corrected chi connectivity index (χ0v) is 28.6. The SMILES string of the molecule is O=S(=O)(O)c1ccc(NC2CCCC2)cc1.O=S(=O)(Oc1ccc2nc(NCc3ccccc3)[nH]c2c1)c1ccc(NC2CCCC2)cc1. The van der Waals surface area contributed by atoms with Crippen molar-refractivity contribution in [1.29, 1.82) is 0 Å². The van der Waals surface area contributed by atoms with Crippen molar-refractivity contribution in [3.63, 3.8) is 0 Å². The maximum atomic E-state index is 12.8. The van der Waals surface area contributed by atoms with E-state index in [4.69, 9.17) is 8.74 Å². The molecular weight excluding hydrogens is 663 g/mol. The number of H-pyrrole nitrogens is 1. The van der Waals surface area contributed by atoms with Crippen molar-refractivity contribution in [2.24, 2.45) is 0 Å². The van der Waals surface area contributed by atoms with Gasteiger partial charge < -0.3 is 25.1 Å². The quantitative estimate of drug-likeness (QED) is 0.0685. The lowest BCUT2D eigenvalue weighted by Gasteiger charge is -2.14. The Labute approximate surface area is 287 Å². The molecule has 4 aromatic carbocycles. The van der Waals surface area contributed by atoms with Crippen LogP contribution >= 0.6 is 0 Å². The van der Waals surface area contributed by atoms with Crippen molar-refractivity contribution in [2.75, 3.05) is 16.0 Å². The second-order valence-electron chi connectivity index (χ2n) is 12.4. The molecule has 1 heterocycles. The molecule has 49 heavy (non-hydrogen) atoms. The number of rotatable bonds is 11. The summed E-state index contributed by atoms with van der Waals surface area (Å²) < 4.78 is 61.4. The Kier molecular flexibility index (Phi) is 10.7. The molecule has 0 bridgehead atoms. The lowest BCUT2D eigenvalue weighted by Crippen LogP contribution is -2.14. The molecule has 11 nitrogen and oxygen atoms in total. The summed E-state index contributed by atoms with van der Waals surface area (Å²) in [6.07, 6.45) is 9.62. The molecule has 2 fully saturated rings. The normalized spacial score (nSPS) is 15.4. The van der Waals surface area contributed by atoms with Gasteiger partial charge in [-0.15, -0.1) is 0 Å². The van der Waals surface area contributed by atoms with E-state index < -0.39 is 20.2 Å². The number of fused-ring (bicyclic) bond motifs is 1. The Hall–Kier alpha value is -4.59. The summed E-state index contributed by atoms with van der Waals surface area (Å²) in [5.74, 6) is 0.841. The number of aromatic nitrogens is 2. The van der Waals surface area contributed by atoms with Crippen LogP contribution in [0.4, 0.5) is 17.3 Å². The highest BCUT2D eigenvalue weighted by molar-refractivity contribution is 7.87. The first-order valence-corrected chi connectivity index (χ1v) is 19.4. The van der Waals surface area contributed by atoms with Crippen molar-refractivity contribution in [2.45, 2.75) is 79.8 Å². The van der Waals surface area contributed by atoms with Crippen LogP contribution in [0, 0.1) is 0 Å². The third-order valence-electron chi connectivity index (χ3n) is 8.71. The van der Waals surface area contributed by atoms with E-state index in [1.165, 1.54) is 50.7 Å². The topological polar surface area (TPSA) is 163 Å². The number of imidazole rings is 1. The molecule has 5 aromatic rings. The first-order chi connectivity index (χ1) is 23.6. The molecule has 0 unspecified atom stereocenters. The highest BCUT2D eigenvalue weighted by atomic mass is 32.2. The monoisotopic (exact) mass is 703 g/mol. The molecule has 0 amide bonds. The van der Waals surface area contributed by atoms with Gasteiger partial charge in [0, 0.05) is 36.1 Å². The molecule has 0 aliphatic heterocycles. The standard InChI is InChI=1S/C25H26N4O3S.C11H15NO3S/c30-33(31,22-13-10-20(11-14-22)27-19-8-4-5-9-19)32-21-12-15-23-24(16-21)29-25(28-23)26-17-18-6-2-1-3-7-18;13-16(14,15)11-7-5-10(6-8-11)12-9-3-1-2-4-9/h1-3,6-7,10-16,19,27H,4-5,8-9,17H2,(H2,26,28,29);5-9,12H,1-4H2,(H,13,14,15). The van der Waals surface area contributed by atoms with Gasteiger partial charge in [0.05, 0.1) is 15.9 Å². The number of nitrogens with zero attached hydrogens (tertiary/aromatic N) is 1. The molecule has 0 saturated heterocycles. The molecule has 2 aliphatic carbocycles. The number of benzene rings is 4. The van der Waals surface area contributed by atoms with E-state index in [-0.39, 0.29) is 15.5 Å². The second kappa shape index (κ2) is 15.3. The molecule has 0 spiro atoms. The highest BCUT2D eigenvalue weighted by Gasteiger charge is 2.19. The van der Waals surface area contributed by atoms with Crippen LogP contribution in [-0.4, -0.2) is 43.4 Å². The fourth-order valence-corrected chi connectivity index (χ4v) is 7.54. The number of hydrogen-bond donors (Lipinski definition) is 5. The van der Waals surface area contributed by atoms with Crippen LogP contribution in [0.15, 0.2) is 107 Å². The van der Waals surface area contributed by atoms with E-state index in [1.54, 1.807) is 54.6 Å². The summed E-state index contributed by atoms with van der Waals surface area (Å²) >= 11 is 0. The van der Waals surface area contributed by atoms with Crippen LogP contribution in [0.2, 0.25) is 0 Å². The van der Waals surface area contributed by atoms with Gasteiger partial charge in [0.1, 0.15) is 10.6 Å². The Morgan fingerprint density at radius 3 is 1.82 bits per heavy atom. The highest BCUT2D eigenvalue weighted by Crippen LogP contribution is 2.27. The Morgan fingerprint density at radius 2 is 1.27 bits per heavy atom. The van der Waals surface area contributed by atoms with Gasteiger partial charge in [-0.1, -0.05) is 56.0 Å². The lowest BCUT2D eigenvalue weighted by molar-refractivity contribution is 0.482. The minimum absolute atomic E-state index is 0.0653. The van der Waals surface area contributed by atoms with Gasteiger partial charge in [-0.2, -0.15) is 16.8 Å². The molecule has 7 rings (SSSR count). The number of anilines is 3. The van der Waals surface area contributed by atoms with E-state index in [1.807, 2.05) is 30.3 Å². The van der Waals surface area contributed by atoms with Gasteiger partial charge in [0.2, 0.25) is 5.95 Å². The number of hydrogen-bond acceptors (Lipinski definition) is 9. The molecule has 13 heteroatoms. The lowest BCUT2D eigenvalue weighted by atomic mass is 10.2. The Balaban J connectivity index is 0.000000218. The van der Waals surface area contributed by atoms with Crippen LogP contribution in [0.1, 0.15) is 56.9 Å². The van der Waals surface area contributed by atoms with Gasteiger partial charge in [-0.05, 0) is 91.9 Å². The van der Waals surface area contributed by atoms with Gasteiger partial charge >= 0.3 is 10.1 Å². The number of aromatic amines is 1. The van der Waals surface area contributed by atoms with Crippen molar-refractivity contribution in [1.82, 2.24) is 9.97 Å². The summed E-state index contributed by atoms with van der Waals surface area (Å²) in [6, 6.07) is 28.9. The van der Waals surface area contributed by atoms with E-state index in [0.29, 0.717) is 30.1 Å². The van der Waals surface area contributed by atoms with Crippen molar-refractivity contribution >= 4 is 48.6 Å². The van der Waals surface area contributed by atoms with E-state index in [2.05, 4.69) is 25.9 Å². The summed E-state index contributed by atoms with van der Waals surface area (Å²) in [5, 5.41) is 10.0. The zero-order chi connectivity index (χ0) is 34.3. The molecule has 258 valence electrons. The van der Waals surface area contributed by atoms with Crippen molar-refractivity contribution in [3.8, 4) is 5.75 Å². The predicted molar refractivity (Wildman–Crippen MR) is 192 cm³/mol. The van der Waals surface area contributed by atoms with Crippen LogP contribution < -0.4 is 20.1 Å². The molecular formula is C36H41N5O6S2. The van der Waals surface area contributed by atoms with Crippen LogP contribution in [0.3, 0.4) is 0 Å². The summed E-state index contributed by atoms with van der Waals surface area (Å²) in [5.41, 5.74) is 4.37. The molecule has 0 radical (unpaired) electrons. The maximum Gasteiger partial charge on any atom is 0.339 e. The molecule has 2 saturated carbocycles. The largest absolute Gasteiger partial charge is 0.382 e. The van der Waals surface area contributed by atoms with Gasteiger partial charge in [0.25, 0.3) is 10.1 Å². The summed E-state index contributed by atoms with van der Waals surface area (Å²) in [4.78, 5) is 7.72. The van der Waals surface area contributed by atoms with E-state index in [0.717, 1.165) is 35.3 Å². The Bertz CT molecular complexity index is 2040. The van der Waals surface area contributed by atoms with Gasteiger partial charge in [-0.3, -0.25) is 4.55 Å².